The van der Waals surface area contributed by atoms with Crippen LogP contribution in [0.5, 0.6) is 11.5 Å². The molecule has 0 radical (unpaired) electrons. The van der Waals surface area contributed by atoms with Gasteiger partial charge in [0.15, 0.2) is 11.5 Å². The molecular formula is C26H24Cl2FN3O4. The number of halogens is 3. The fourth-order valence-corrected chi connectivity index (χ4v) is 3.51. The third-order valence-electron chi connectivity index (χ3n) is 4.82. The number of hydrogen-bond acceptors (Lipinski definition) is 5. The van der Waals surface area contributed by atoms with Crippen LogP contribution in [0.2, 0.25) is 10.0 Å². The Hall–Kier alpha value is -3.62. The molecule has 2 amide bonds. The number of carbonyl (C=O) groups is 2. The minimum atomic E-state index is -0.624. The maximum atomic E-state index is 13.6. The lowest BCUT2D eigenvalue weighted by Gasteiger charge is -2.13. The lowest BCUT2D eigenvalue weighted by molar-refractivity contribution is -0.120. The van der Waals surface area contributed by atoms with Gasteiger partial charge in [-0.1, -0.05) is 41.4 Å². The predicted molar refractivity (Wildman–Crippen MR) is 137 cm³/mol. The monoisotopic (exact) mass is 531 g/mol. The molecule has 7 nitrogen and oxygen atoms in total. The van der Waals surface area contributed by atoms with Crippen LogP contribution in [0.4, 0.5) is 4.39 Å². The van der Waals surface area contributed by atoms with Gasteiger partial charge in [0.05, 0.1) is 18.4 Å². The van der Waals surface area contributed by atoms with Crippen LogP contribution in [-0.4, -0.2) is 31.2 Å². The highest BCUT2D eigenvalue weighted by atomic mass is 35.5. The van der Waals surface area contributed by atoms with Crippen LogP contribution in [0, 0.1) is 5.82 Å². The number of rotatable bonds is 11. The number of ether oxygens (including phenoxy) is 2. The van der Waals surface area contributed by atoms with Gasteiger partial charge in [-0.15, -0.1) is 0 Å². The second-order valence-electron chi connectivity index (χ2n) is 7.44. The molecule has 10 heteroatoms. The summed E-state index contributed by atoms with van der Waals surface area (Å²) in [5.41, 5.74) is 3.76. The van der Waals surface area contributed by atoms with E-state index < -0.39 is 17.6 Å². The summed E-state index contributed by atoms with van der Waals surface area (Å²) in [7, 11) is 0. The van der Waals surface area contributed by atoms with Crippen molar-refractivity contribution in [3.63, 3.8) is 0 Å². The number of amides is 2. The molecule has 3 rings (SSSR count). The predicted octanol–water partition coefficient (Wildman–Crippen LogP) is 5.38. The molecule has 0 spiro atoms. The van der Waals surface area contributed by atoms with Crippen LogP contribution in [0.3, 0.4) is 0 Å². The van der Waals surface area contributed by atoms with E-state index in [1.54, 1.807) is 42.5 Å². The van der Waals surface area contributed by atoms with Crippen molar-refractivity contribution >= 4 is 41.2 Å². The first-order chi connectivity index (χ1) is 17.4. The van der Waals surface area contributed by atoms with Crippen molar-refractivity contribution in [2.45, 2.75) is 20.0 Å². The molecular weight excluding hydrogens is 508 g/mol. The van der Waals surface area contributed by atoms with E-state index in [0.29, 0.717) is 33.7 Å². The first kappa shape index (κ1) is 27.0. The molecule has 3 aromatic rings. The molecule has 0 saturated carbocycles. The van der Waals surface area contributed by atoms with Crippen LogP contribution in [-0.2, 0) is 11.4 Å². The van der Waals surface area contributed by atoms with Crippen molar-refractivity contribution in [2.75, 3.05) is 13.2 Å². The number of nitrogens with zero attached hydrogens (tertiary/aromatic N) is 1. The summed E-state index contributed by atoms with van der Waals surface area (Å²) in [6.45, 7) is 2.54. The fourth-order valence-electron chi connectivity index (χ4n) is 3.05. The molecule has 0 fully saturated rings. The zero-order valence-corrected chi connectivity index (χ0v) is 20.9. The molecule has 36 heavy (non-hydrogen) atoms. The first-order valence-electron chi connectivity index (χ1n) is 11.1. The van der Waals surface area contributed by atoms with Crippen molar-refractivity contribution in [1.82, 2.24) is 10.7 Å². The van der Waals surface area contributed by atoms with Gasteiger partial charge in [0.25, 0.3) is 5.91 Å². The van der Waals surface area contributed by atoms with E-state index in [2.05, 4.69) is 15.8 Å². The summed E-state index contributed by atoms with van der Waals surface area (Å²) >= 11 is 12.1. The number of nitrogens with one attached hydrogen (secondary N) is 2. The van der Waals surface area contributed by atoms with E-state index in [1.807, 2.05) is 6.92 Å². The smallest absolute Gasteiger partial charge is 0.254 e. The Bertz CT molecular complexity index is 1250. The average Bonchev–Trinajstić information content (AvgIpc) is 2.85. The summed E-state index contributed by atoms with van der Waals surface area (Å²) in [6.07, 6.45) is 1.43. The largest absolute Gasteiger partial charge is 0.490 e. The Kier molecular flexibility index (Phi) is 10.1. The van der Waals surface area contributed by atoms with Gasteiger partial charge in [-0.2, -0.15) is 5.10 Å². The molecule has 0 aliphatic rings. The highest BCUT2D eigenvalue weighted by molar-refractivity contribution is 6.35. The van der Waals surface area contributed by atoms with Gasteiger partial charge >= 0.3 is 0 Å². The molecule has 2 N–H and O–H groups in total. The minimum Gasteiger partial charge on any atom is -0.490 e. The van der Waals surface area contributed by atoms with Gasteiger partial charge in [0.1, 0.15) is 12.4 Å². The maximum absolute atomic E-state index is 13.6. The maximum Gasteiger partial charge on any atom is 0.254 e. The summed E-state index contributed by atoms with van der Waals surface area (Å²) in [6, 6.07) is 16.0. The van der Waals surface area contributed by atoms with Gasteiger partial charge in [0, 0.05) is 28.6 Å². The van der Waals surface area contributed by atoms with Gasteiger partial charge in [-0.25, -0.2) is 9.82 Å². The van der Waals surface area contributed by atoms with Crippen molar-refractivity contribution in [1.29, 1.82) is 0 Å². The van der Waals surface area contributed by atoms with Crippen molar-refractivity contribution < 1.29 is 23.5 Å². The number of benzene rings is 3. The van der Waals surface area contributed by atoms with Crippen LogP contribution in [0.25, 0.3) is 0 Å². The molecule has 0 aromatic heterocycles. The third-order valence-corrected chi connectivity index (χ3v) is 5.41. The van der Waals surface area contributed by atoms with Gasteiger partial charge in [-0.05, 0) is 55.0 Å². The second kappa shape index (κ2) is 13.5. The van der Waals surface area contributed by atoms with Gasteiger partial charge in [-0.3, -0.25) is 9.59 Å². The summed E-state index contributed by atoms with van der Waals surface area (Å²) < 4.78 is 25.2. The quantitative estimate of drug-likeness (QED) is 0.256. The van der Waals surface area contributed by atoms with E-state index in [4.69, 9.17) is 32.7 Å². The van der Waals surface area contributed by atoms with Crippen molar-refractivity contribution in [3.8, 4) is 11.5 Å². The van der Waals surface area contributed by atoms with Crippen LogP contribution in [0.15, 0.2) is 65.8 Å². The van der Waals surface area contributed by atoms with Gasteiger partial charge < -0.3 is 14.8 Å². The van der Waals surface area contributed by atoms with E-state index >= 15 is 0 Å². The Labute approximate surface area is 218 Å². The van der Waals surface area contributed by atoms with Crippen LogP contribution < -0.4 is 20.2 Å². The topological polar surface area (TPSA) is 89.0 Å². The van der Waals surface area contributed by atoms with E-state index in [9.17, 15) is 14.0 Å². The second-order valence-corrected chi connectivity index (χ2v) is 8.29. The Morgan fingerprint density at radius 1 is 1.03 bits per heavy atom. The molecule has 0 atom stereocenters. The Balaban J connectivity index is 1.51. The fraction of sp³-hybridized carbons (Fsp3) is 0.192. The zero-order valence-electron chi connectivity index (χ0n) is 19.4. The summed E-state index contributed by atoms with van der Waals surface area (Å²) in [5.74, 6) is -0.595. The number of hydrogen-bond donors (Lipinski definition) is 2. The molecule has 0 aliphatic heterocycles. The Morgan fingerprint density at radius 2 is 1.83 bits per heavy atom. The zero-order chi connectivity index (χ0) is 25.9. The minimum absolute atomic E-state index is 0.0260. The molecule has 3 aromatic carbocycles. The van der Waals surface area contributed by atoms with Crippen molar-refractivity contribution in [2.24, 2.45) is 5.10 Å². The Morgan fingerprint density at radius 3 is 2.58 bits per heavy atom. The summed E-state index contributed by atoms with van der Waals surface area (Å²) in [5, 5.41) is 7.48. The number of hydrazone groups is 1. The lowest BCUT2D eigenvalue weighted by Crippen LogP contribution is -2.29. The highest BCUT2D eigenvalue weighted by Gasteiger charge is 2.11. The lowest BCUT2D eigenvalue weighted by atomic mass is 10.2. The molecule has 0 unspecified atom stereocenters. The van der Waals surface area contributed by atoms with Crippen molar-refractivity contribution in [3.05, 3.63) is 93.2 Å². The van der Waals surface area contributed by atoms with Crippen LogP contribution in [0.1, 0.15) is 34.8 Å². The molecule has 188 valence electrons. The molecule has 0 saturated heterocycles. The molecule has 0 bridgehead atoms. The third kappa shape index (κ3) is 7.96. The SMILES string of the molecule is CCOc1cc(C=NNC(=O)CCNC(=O)c2ccccc2F)ccc1OCc1ccc(Cl)cc1Cl. The normalized spacial score (nSPS) is 10.8. The summed E-state index contributed by atoms with van der Waals surface area (Å²) in [4.78, 5) is 24.0. The van der Waals surface area contributed by atoms with E-state index in [-0.39, 0.29) is 25.1 Å². The molecule has 0 aliphatic carbocycles. The van der Waals surface area contributed by atoms with E-state index in [0.717, 1.165) is 5.56 Å². The molecule has 0 heterocycles. The highest BCUT2D eigenvalue weighted by Crippen LogP contribution is 2.30. The standard InChI is InChI=1S/C26H24Cl2FN3O4/c1-2-35-24-13-17(7-10-23(24)36-16-18-8-9-19(27)14-21(18)28)15-31-32-25(33)11-12-30-26(34)20-5-3-4-6-22(20)29/h3-10,13-15H,2,11-12,16H2,1H3,(H,30,34)(H,32,33). The van der Waals surface area contributed by atoms with Crippen LogP contribution >= 0.6 is 23.2 Å². The first-order valence-corrected chi connectivity index (χ1v) is 11.8. The van der Waals surface area contributed by atoms with Gasteiger partial charge in [0.2, 0.25) is 5.91 Å². The average molecular weight is 532 g/mol. The number of carbonyl (C=O) groups excluding carboxylic acids is 2. The van der Waals surface area contributed by atoms with E-state index in [1.165, 1.54) is 24.4 Å².